The van der Waals surface area contributed by atoms with Crippen molar-refractivity contribution in [3.05, 3.63) is 85.8 Å². The summed E-state index contributed by atoms with van der Waals surface area (Å²) in [5.74, 6) is 0.564. The van der Waals surface area contributed by atoms with Crippen LogP contribution in [0.2, 0.25) is 10.0 Å². The van der Waals surface area contributed by atoms with Gasteiger partial charge in [0.15, 0.2) is 0 Å². The normalized spacial score (nSPS) is 14.1. The Balaban J connectivity index is 1.27. The molecule has 12 heteroatoms. The fraction of sp³-hybridized carbons (Fsp3) is 0.310. The quantitative estimate of drug-likeness (QED) is 0.295. The molecule has 0 aromatic heterocycles. The second-order valence-electron chi connectivity index (χ2n) is 9.76. The molecular formula is C29H30BrCl2N3O5S. The predicted octanol–water partition coefficient (Wildman–Crippen LogP) is 6.09. The van der Waals surface area contributed by atoms with E-state index in [4.69, 9.17) is 27.9 Å². The minimum atomic E-state index is -3.65. The lowest BCUT2D eigenvalue weighted by atomic mass is 10.2. The van der Waals surface area contributed by atoms with E-state index < -0.39 is 10.0 Å². The zero-order chi connectivity index (χ0) is 29.7. The molecule has 0 bridgehead atoms. The van der Waals surface area contributed by atoms with Crippen LogP contribution in [-0.4, -0.2) is 55.6 Å². The number of rotatable bonds is 9. The lowest BCUT2D eigenvalue weighted by Crippen LogP contribution is -2.50. The molecule has 0 spiro atoms. The van der Waals surface area contributed by atoms with Gasteiger partial charge >= 0.3 is 0 Å². The van der Waals surface area contributed by atoms with Crippen LogP contribution in [-0.2, 0) is 26.2 Å². The number of hydrogen-bond acceptors (Lipinski definition) is 5. The number of ether oxygens (including phenoxy) is 1. The summed E-state index contributed by atoms with van der Waals surface area (Å²) in [5, 5.41) is 3.62. The van der Waals surface area contributed by atoms with Crippen molar-refractivity contribution in [2.24, 2.45) is 0 Å². The van der Waals surface area contributed by atoms with Crippen LogP contribution in [0, 0.1) is 13.8 Å². The fourth-order valence-corrected chi connectivity index (χ4v) is 6.76. The molecule has 8 nitrogen and oxygen atoms in total. The molecule has 4 rings (SSSR count). The number of carbonyl (C=O) groups is 2. The molecule has 0 aliphatic carbocycles. The van der Waals surface area contributed by atoms with E-state index in [1.54, 1.807) is 48.2 Å². The number of piperazine rings is 1. The van der Waals surface area contributed by atoms with Crippen molar-refractivity contribution < 1.29 is 22.7 Å². The van der Waals surface area contributed by atoms with Crippen LogP contribution in [0.15, 0.2) is 64.0 Å². The highest BCUT2D eigenvalue weighted by atomic mass is 79.9. The van der Waals surface area contributed by atoms with Gasteiger partial charge in [0.1, 0.15) is 11.5 Å². The molecule has 2 amide bonds. The Bertz CT molecular complexity index is 1560. The zero-order valence-electron chi connectivity index (χ0n) is 22.6. The van der Waals surface area contributed by atoms with Gasteiger partial charge in [-0.1, -0.05) is 57.3 Å². The molecule has 3 aromatic rings. The number of nitrogens with one attached hydrogen (secondary N) is 1. The molecule has 1 aliphatic rings. The van der Waals surface area contributed by atoms with Crippen LogP contribution in [0.1, 0.15) is 29.5 Å². The number of carbonyl (C=O) groups excluding carboxylic acids is 2. The number of hydrogen-bond donors (Lipinski definition) is 1. The second kappa shape index (κ2) is 13.6. The van der Waals surface area contributed by atoms with E-state index >= 15 is 0 Å². The average molecular weight is 683 g/mol. The van der Waals surface area contributed by atoms with E-state index in [-0.39, 0.29) is 57.4 Å². The number of sulfonamides is 1. The van der Waals surface area contributed by atoms with E-state index in [2.05, 4.69) is 21.2 Å². The molecule has 1 aliphatic heterocycles. The Hall–Kier alpha value is -2.63. The maximum Gasteiger partial charge on any atom is 0.243 e. The summed E-state index contributed by atoms with van der Waals surface area (Å²) in [5.41, 5.74) is 2.30. The van der Waals surface area contributed by atoms with Crippen LogP contribution in [0.3, 0.4) is 0 Å². The summed E-state index contributed by atoms with van der Waals surface area (Å²) in [6.45, 7) is 4.80. The maximum atomic E-state index is 13.2. The summed E-state index contributed by atoms with van der Waals surface area (Å²) in [7, 11) is -3.65. The molecule has 0 radical (unpaired) electrons. The number of benzene rings is 3. The van der Waals surface area contributed by atoms with E-state index in [0.717, 1.165) is 15.6 Å². The Morgan fingerprint density at radius 2 is 1.66 bits per heavy atom. The molecule has 1 N–H and O–H groups in total. The molecule has 1 heterocycles. The summed E-state index contributed by atoms with van der Waals surface area (Å²) in [6.07, 6.45) is 0.0435. The van der Waals surface area contributed by atoms with Gasteiger partial charge in [-0.3, -0.25) is 9.59 Å². The molecule has 0 saturated carbocycles. The average Bonchev–Trinajstić information content (AvgIpc) is 2.94. The Kier molecular flexibility index (Phi) is 10.4. The summed E-state index contributed by atoms with van der Waals surface area (Å²) < 4.78 is 34.5. The maximum absolute atomic E-state index is 13.2. The number of nitrogens with zero attached hydrogens (tertiary/aromatic N) is 2. The standard InChI is InChI=1S/C29H30BrCl2N3O5S/c1-19-3-4-20(2)27(15-19)41(38,39)35-13-11-34(12-14-35)29(37)10-9-28(36)33-18-21-5-6-22(30)16-26(21)40-23-7-8-24(31)25(32)17-23/h3-8,15-17H,9-14,18H2,1-2H3,(H,33,36). The van der Waals surface area contributed by atoms with Gasteiger partial charge in [0.05, 0.1) is 14.9 Å². The van der Waals surface area contributed by atoms with Crippen molar-refractivity contribution in [2.75, 3.05) is 26.2 Å². The molecule has 3 aromatic carbocycles. The van der Waals surface area contributed by atoms with Gasteiger partial charge in [-0.2, -0.15) is 4.31 Å². The van der Waals surface area contributed by atoms with Crippen molar-refractivity contribution in [3.8, 4) is 11.5 Å². The highest BCUT2D eigenvalue weighted by molar-refractivity contribution is 9.10. The number of halogens is 3. The molecule has 218 valence electrons. The van der Waals surface area contributed by atoms with Crippen molar-refractivity contribution in [1.29, 1.82) is 0 Å². The van der Waals surface area contributed by atoms with Crippen LogP contribution in [0.4, 0.5) is 0 Å². The first kappa shape index (κ1) is 31.3. The van der Waals surface area contributed by atoms with Gasteiger partial charge in [-0.15, -0.1) is 0 Å². The topological polar surface area (TPSA) is 96.0 Å². The van der Waals surface area contributed by atoms with Gasteiger partial charge in [-0.05, 0) is 55.3 Å². The van der Waals surface area contributed by atoms with Gasteiger partial charge in [-0.25, -0.2) is 8.42 Å². The van der Waals surface area contributed by atoms with Gasteiger partial charge in [0.25, 0.3) is 0 Å². The van der Waals surface area contributed by atoms with Crippen LogP contribution in [0.5, 0.6) is 11.5 Å². The fourth-order valence-electron chi connectivity index (χ4n) is 4.40. The lowest BCUT2D eigenvalue weighted by Gasteiger charge is -2.34. The summed E-state index contributed by atoms with van der Waals surface area (Å²) in [6, 6.07) is 15.8. The minimum absolute atomic E-state index is 0.0132. The third-order valence-electron chi connectivity index (χ3n) is 6.74. The molecule has 0 unspecified atom stereocenters. The zero-order valence-corrected chi connectivity index (χ0v) is 26.5. The smallest absolute Gasteiger partial charge is 0.243 e. The molecular weight excluding hydrogens is 653 g/mol. The number of amides is 2. The van der Waals surface area contributed by atoms with Crippen LogP contribution in [0.25, 0.3) is 0 Å². The first-order valence-corrected chi connectivity index (χ1v) is 16.0. The van der Waals surface area contributed by atoms with Crippen molar-refractivity contribution in [3.63, 3.8) is 0 Å². The Morgan fingerprint density at radius 1 is 0.927 bits per heavy atom. The first-order valence-electron chi connectivity index (χ1n) is 13.0. The molecule has 0 atom stereocenters. The van der Waals surface area contributed by atoms with Crippen LogP contribution >= 0.6 is 39.1 Å². The summed E-state index contributed by atoms with van der Waals surface area (Å²) >= 11 is 15.5. The van der Waals surface area contributed by atoms with Crippen LogP contribution < -0.4 is 10.1 Å². The van der Waals surface area contributed by atoms with Crippen molar-refractivity contribution >= 4 is 61.0 Å². The highest BCUT2D eigenvalue weighted by Crippen LogP contribution is 2.32. The molecule has 1 saturated heterocycles. The summed E-state index contributed by atoms with van der Waals surface area (Å²) in [4.78, 5) is 27.3. The van der Waals surface area contributed by atoms with Crippen molar-refractivity contribution in [2.45, 2.75) is 38.1 Å². The van der Waals surface area contributed by atoms with E-state index in [0.29, 0.717) is 32.0 Å². The van der Waals surface area contributed by atoms with Gasteiger partial charge < -0.3 is 15.0 Å². The second-order valence-corrected chi connectivity index (χ2v) is 13.4. The number of aryl methyl sites for hydroxylation is 2. The highest BCUT2D eigenvalue weighted by Gasteiger charge is 2.31. The largest absolute Gasteiger partial charge is 0.457 e. The predicted molar refractivity (Wildman–Crippen MR) is 163 cm³/mol. The van der Waals surface area contributed by atoms with Gasteiger partial charge in [0.2, 0.25) is 21.8 Å². The molecule has 41 heavy (non-hydrogen) atoms. The first-order chi connectivity index (χ1) is 19.4. The van der Waals surface area contributed by atoms with E-state index in [9.17, 15) is 18.0 Å². The third-order valence-corrected chi connectivity index (χ3v) is 10.0. The Morgan fingerprint density at radius 3 is 2.37 bits per heavy atom. The Labute approximate surface area is 258 Å². The lowest BCUT2D eigenvalue weighted by molar-refractivity contribution is -0.134. The third kappa shape index (κ3) is 8.02. The monoisotopic (exact) mass is 681 g/mol. The van der Waals surface area contributed by atoms with E-state index in [1.807, 2.05) is 25.1 Å². The van der Waals surface area contributed by atoms with Gasteiger partial charge in [0, 0.05) is 61.7 Å². The SMILES string of the molecule is Cc1ccc(C)c(S(=O)(=O)N2CCN(C(=O)CCC(=O)NCc3ccc(Br)cc3Oc3ccc(Cl)c(Cl)c3)CC2)c1. The van der Waals surface area contributed by atoms with Crippen molar-refractivity contribution in [1.82, 2.24) is 14.5 Å². The molecule has 1 fully saturated rings. The minimum Gasteiger partial charge on any atom is -0.457 e. The van der Waals surface area contributed by atoms with E-state index in [1.165, 1.54) is 4.31 Å².